The Labute approximate surface area is 117 Å². The Bertz CT molecular complexity index is 479. The minimum Gasteiger partial charge on any atom is -0.464 e. The van der Waals surface area contributed by atoms with Crippen molar-refractivity contribution >= 4 is 17.6 Å². The Morgan fingerprint density at radius 2 is 2.32 bits per heavy atom. The predicted molar refractivity (Wildman–Crippen MR) is 73.6 cm³/mol. The molecule has 0 bridgehead atoms. The molecule has 3 nitrogen and oxygen atoms in total. The van der Waals surface area contributed by atoms with Crippen LogP contribution in [-0.4, -0.2) is 19.1 Å². The minimum absolute atomic E-state index is 0.0339. The average molecular weight is 286 g/mol. The maximum absolute atomic E-state index is 13.2. The van der Waals surface area contributed by atoms with E-state index < -0.39 is 17.3 Å². The molecule has 1 atom stereocenters. The standard InChI is InChI=1S/C14H17ClFNO2/c1-4-8-17-14(3,13(18)19-5-2)10-6-7-12(16)11(15)9-10/h4,6-7,9,17H,1,5,8H2,2-3H3. The molecule has 5 heteroatoms. The lowest BCUT2D eigenvalue weighted by Gasteiger charge is -2.28. The summed E-state index contributed by atoms with van der Waals surface area (Å²) in [7, 11) is 0. The highest BCUT2D eigenvalue weighted by atomic mass is 35.5. The second kappa shape index (κ2) is 6.68. The van der Waals surface area contributed by atoms with Gasteiger partial charge in [-0.3, -0.25) is 5.32 Å². The molecule has 1 unspecified atom stereocenters. The van der Waals surface area contributed by atoms with Crippen molar-refractivity contribution in [1.29, 1.82) is 0 Å². The first-order valence-electron chi connectivity index (χ1n) is 5.94. The molecule has 0 aliphatic rings. The Hall–Kier alpha value is -1.39. The minimum atomic E-state index is -1.10. The number of carbonyl (C=O) groups excluding carboxylic acids is 1. The normalized spacial score (nSPS) is 13.7. The molecular weight excluding hydrogens is 269 g/mol. The molecule has 0 aromatic heterocycles. The molecule has 0 saturated heterocycles. The number of ether oxygens (including phenoxy) is 1. The highest BCUT2D eigenvalue weighted by Crippen LogP contribution is 2.26. The molecule has 0 radical (unpaired) electrons. The Morgan fingerprint density at radius 1 is 1.63 bits per heavy atom. The second-order valence-corrected chi connectivity index (χ2v) is 4.55. The van der Waals surface area contributed by atoms with Crippen LogP contribution in [0.15, 0.2) is 30.9 Å². The lowest BCUT2D eigenvalue weighted by Crippen LogP contribution is -2.47. The van der Waals surface area contributed by atoms with Crippen LogP contribution in [0.2, 0.25) is 5.02 Å². The maximum atomic E-state index is 13.2. The van der Waals surface area contributed by atoms with E-state index in [0.717, 1.165) is 0 Å². The lowest BCUT2D eigenvalue weighted by atomic mass is 9.92. The zero-order valence-electron chi connectivity index (χ0n) is 11.0. The van der Waals surface area contributed by atoms with Crippen molar-refractivity contribution in [2.24, 2.45) is 0 Å². The summed E-state index contributed by atoms with van der Waals surface area (Å²) >= 11 is 5.76. The number of benzene rings is 1. The molecule has 0 saturated carbocycles. The molecule has 1 rings (SSSR count). The van der Waals surface area contributed by atoms with E-state index in [4.69, 9.17) is 16.3 Å². The third-order valence-electron chi connectivity index (χ3n) is 2.78. The van der Waals surface area contributed by atoms with Gasteiger partial charge >= 0.3 is 5.97 Å². The molecular formula is C14H17ClFNO2. The van der Waals surface area contributed by atoms with Gasteiger partial charge in [0.1, 0.15) is 11.4 Å². The van der Waals surface area contributed by atoms with E-state index in [1.54, 1.807) is 19.9 Å². The summed E-state index contributed by atoms with van der Waals surface area (Å²) in [5.41, 5.74) is -0.555. The van der Waals surface area contributed by atoms with Gasteiger partial charge in [-0.25, -0.2) is 9.18 Å². The number of nitrogens with one attached hydrogen (secondary N) is 1. The highest BCUT2D eigenvalue weighted by molar-refractivity contribution is 6.30. The first kappa shape index (κ1) is 15.7. The molecule has 1 aromatic carbocycles. The van der Waals surface area contributed by atoms with Crippen LogP contribution >= 0.6 is 11.6 Å². The van der Waals surface area contributed by atoms with E-state index in [9.17, 15) is 9.18 Å². The van der Waals surface area contributed by atoms with Crippen LogP contribution < -0.4 is 5.32 Å². The van der Waals surface area contributed by atoms with Crippen LogP contribution in [0.25, 0.3) is 0 Å². The topological polar surface area (TPSA) is 38.3 Å². The fourth-order valence-electron chi connectivity index (χ4n) is 1.65. The fourth-order valence-corrected chi connectivity index (χ4v) is 1.83. The summed E-state index contributed by atoms with van der Waals surface area (Å²) in [4.78, 5) is 12.1. The van der Waals surface area contributed by atoms with Crippen molar-refractivity contribution in [2.75, 3.05) is 13.2 Å². The van der Waals surface area contributed by atoms with Crippen molar-refractivity contribution in [3.8, 4) is 0 Å². The molecule has 1 aromatic rings. The van der Waals surface area contributed by atoms with E-state index in [0.29, 0.717) is 12.1 Å². The van der Waals surface area contributed by atoms with E-state index in [1.165, 1.54) is 18.2 Å². The molecule has 0 amide bonds. The summed E-state index contributed by atoms with van der Waals surface area (Å²) in [6.45, 7) is 7.65. The van der Waals surface area contributed by atoms with Gasteiger partial charge in [0.25, 0.3) is 0 Å². The van der Waals surface area contributed by atoms with E-state index in [1.807, 2.05) is 0 Å². The van der Waals surface area contributed by atoms with Crippen molar-refractivity contribution < 1.29 is 13.9 Å². The van der Waals surface area contributed by atoms with Crippen LogP contribution in [0.1, 0.15) is 19.4 Å². The SMILES string of the molecule is C=CCNC(C)(C(=O)OCC)c1ccc(F)c(Cl)c1. The number of hydrogen-bond acceptors (Lipinski definition) is 3. The van der Waals surface area contributed by atoms with Crippen LogP contribution in [0.3, 0.4) is 0 Å². The van der Waals surface area contributed by atoms with E-state index >= 15 is 0 Å². The summed E-state index contributed by atoms with van der Waals surface area (Å²) in [5, 5.41) is 2.99. The predicted octanol–water partition coefficient (Wildman–Crippen LogP) is 3.03. The van der Waals surface area contributed by atoms with E-state index in [-0.39, 0.29) is 11.6 Å². The molecule has 0 aliphatic heterocycles. The van der Waals surface area contributed by atoms with E-state index in [2.05, 4.69) is 11.9 Å². The van der Waals surface area contributed by atoms with Crippen LogP contribution in [0, 0.1) is 5.82 Å². The first-order chi connectivity index (χ1) is 8.95. The van der Waals surface area contributed by atoms with Gasteiger partial charge in [-0.1, -0.05) is 23.7 Å². The van der Waals surface area contributed by atoms with Gasteiger partial charge in [0.05, 0.1) is 11.6 Å². The largest absolute Gasteiger partial charge is 0.464 e. The third kappa shape index (κ3) is 3.55. The quantitative estimate of drug-likeness (QED) is 0.645. The van der Waals surface area contributed by atoms with Gasteiger partial charge in [0.2, 0.25) is 0 Å². The molecule has 0 heterocycles. The first-order valence-corrected chi connectivity index (χ1v) is 6.32. The fraction of sp³-hybridized carbons (Fsp3) is 0.357. The number of rotatable bonds is 6. The van der Waals surface area contributed by atoms with Crippen LogP contribution in [-0.2, 0) is 15.1 Å². The Kier molecular flexibility index (Phi) is 5.51. The maximum Gasteiger partial charge on any atom is 0.330 e. The number of hydrogen-bond donors (Lipinski definition) is 1. The average Bonchev–Trinajstić information content (AvgIpc) is 2.39. The highest BCUT2D eigenvalue weighted by Gasteiger charge is 2.36. The zero-order valence-corrected chi connectivity index (χ0v) is 11.8. The second-order valence-electron chi connectivity index (χ2n) is 4.14. The lowest BCUT2D eigenvalue weighted by molar-refractivity contribution is -0.150. The molecule has 19 heavy (non-hydrogen) atoms. The molecule has 1 N–H and O–H groups in total. The Morgan fingerprint density at radius 3 is 2.84 bits per heavy atom. The van der Waals surface area contributed by atoms with Crippen molar-refractivity contribution in [3.05, 3.63) is 47.3 Å². The molecule has 0 fully saturated rings. The van der Waals surface area contributed by atoms with Gasteiger partial charge in [-0.2, -0.15) is 0 Å². The number of esters is 1. The number of halogens is 2. The molecule has 0 aliphatic carbocycles. The third-order valence-corrected chi connectivity index (χ3v) is 3.07. The van der Waals surface area contributed by atoms with Gasteiger partial charge in [0.15, 0.2) is 0 Å². The van der Waals surface area contributed by atoms with Crippen LogP contribution in [0.5, 0.6) is 0 Å². The van der Waals surface area contributed by atoms with Crippen LogP contribution in [0.4, 0.5) is 4.39 Å². The van der Waals surface area contributed by atoms with Gasteiger partial charge in [-0.15, -0.1) is 6.58 Å². The summed E-state index contributed by atoms with van der Waals surface area (Å²) in [6.07, 6.45) is 1.63. The summed E-state index contributed by atoms with van der Waals surface area (Å²) < 4.78 is 18.3. The van der Waals surface area contributed by atoms with Gasteiger partial charge < -0.3 is 4.74 Å². The summed E-state index contributed by atoms with van der Waals surface area (Å²) in [5.74, 6) is -0.972. The van der Waals surface area contributed by atoms with Crippen molar-refractivity contribution in [1.82, 2.24) is 5.32 Å². The molecule has 104 valence electrons. The van der Waals surface area contributed by atoms with Crippen molar-refractivity contribution in [2.45, 2.75) is 19.4 Å². The van der Waals surface area contributed by atoms with Gasteiger partial charge in [0, 0.05) is 6.54 Å². The van der Waals surface area contributed by atoms with Gasteiger partial charge in [-0.05, 0) is 31.5 Å². The zero-order chi connectivity index (χ0) is 14.5. The monoisotopic (exact) mass is 285 g/mol. The Balaban J connectivity index is 3.17. The summed E-state index contributed by atoms with van der Waals surface area (Å²) in [6, 6.07) is 4.16. The number of carbonyl (C=O) groups is 1. The molecule has 0 spiro atoms. The smallest absolute Gasteiger partial charge is 0.330 e. The van der Waals surface area contributed by atoms with Crippen molar-refractivity contribution in [3.63, 3.8) is 0 Å².